The van der Waals surface area contributed by atoms with Crippen LogP contribution >= 0.6 is 0 Å². The average molecular weight is 229 g/mol. The Hall–Kier alpha value is -2.12. The van der Waals surface area contributed by atoms with E-state index in [1.165, 1.54) is 0 Å². The number of esters is 1. The summed E-state index contributed by atoms with van der Waals surface area (Å²) in [7, 11) is 0. The Morgan fingerprint density at radius 2 is 1.75 bits per heavy atom. The van der Waals surface area contributed by atoms with Crippen LogP contribution in [0.1, 0.15) is 13.8 Å². The van der Waals surface area contributed by atoms with E-state index in [0.717, 1.165) is 0 Å². The highest BCUT2D eigenvalue weighted by Gasteiger charge is 2.10. The van der Waals surface area contributed by atoms with Crippen LogP contribution in [0.25, 0.3) is 0 Å². The predicted octanol–water partition coefficient (Wildman–Crippen LogP) is -1.82. The number of hydrogen-bond donors (Lipinski definition) is 2. The molecule has 0 spiro atoms. The Labute approximate surface area is 88.9 Å². The molecule has 0 aliphatic rings. The molecule has 0 aliphatic heterocycles. The van der Waals surface area contributed by atoms with Crippen LogP contribution in [0.2, 0.25) is 0 Å². The van der Waals surface area contributed by atoms with Crippen LogP contribution in [0.4, 0.5) is 0 Å². The predicted molar refractivity (Wildman–Crippen MR) is 53.2 cm³/mol. The number of hydrogen-bond acceptors (Lipinski definition) is 5. The molecule has 0 aromatic carbocycles. The molecular formula is C8H11N3O5. The minimum absolute atomic E-state index is 0.343. The first-order chi connectivity index (χ1) is 7.40. The summed E-state index contributed by atoms with van der Waals surface area (Å²) >= 11 is 0. The Morgan fingerprint density at radius 3 is 2.19 bits per heavy atom. The van der Waals surface area contributed by atoms with Gasteiger partial charge in [0.15, 0.2) is 0 Å². The number of aromatic nitrogens is 3. The summed E-state index contributed by atoms with van der Waals surface area (Å²) in [5, 5.41) is 0. The van der Waals surface area contributed by atoms with Gasteiger partial charge in [-0.2, -0.15) is 0 Å². The van der Waals surface area contributed by atoms with Crippen LogP contribution < -0.4 is 17.1 Å². The molecule has 0 saturated carbocycles. The number of carbonyl (C=O) groups excluding carboxylic acids is 1. The van der Waals surface area contributed by atoms with E-state index < -0.39 is 29.6 Å². The van der Waals surface area contributed by atoms with Crippen LogP contribution in [-0.4, -0.2) is 26.6 Å². The maximum Gasteiger partial charge on any atom is 0.334 e. The zero-order chi connectivity index (χ0) is 12.3. The molecule has 0 amide bonds. The second kappa shape index (κ2) is 4.60. The van der Waals surface area contributed by atoms with Crippen LogP contribution in [0.5, 0.6) is 0 Å². The highest BCUT2D eigenvalue weighted by molar-refractivity contribution is 5.69. The van der Waals surface area contributed by atoms with Gasteiger partial charge in [-0.1, -0.05) is 0 Å². The summed E-state index contributed by atoms with van der Waals surface area (Å²) in [6.07, 6.45) is -0.343. The first-order valence-electron chi connectivity index (χ1n) is 4.53. The van der Waals surface area contributed by atoms with Crippen molar-refractivity contribution in [2.45, 2.75) is 26.5 Å². The molecule has 1 rings (SSSR count). The highest BCUT2D eigenvalue weighted by Crippen LogP contribution is 1.89. The lowest BCUT2D eigenvalue weighted by atomic mass is 10.5. The van der Waals surface area contributed by atoms with E-state index in [9.17, 15) is 19.2 Å². The van der Waals surface area contributed by atoms with Crippen molar-refractivity contribution in [1.29, 1.82) is 0 Å². The molecule has 0 bridgehead atoms. The Bertz CT molecular complexity index is 516. The standard InChI is InChI=1S/C8H11N3O5/c1-4(2)16-5(12)3-11-7(14)9-6(13)10-8(11)15/h4H,3H2,1-2H3,(H2,9,10,13,14,15). The van der Waals surface area contributed by atoms with Gasteiger partial charge in [0.2, 0.25) is 0 Å². The van der Waals surface area contributed by atoms with Crippen molar-refractivity contribution < 1.29 is 9.53 Å². The third-order valence-corrected chi connectivity index (χ3v) is 1.59. The topological polar surface area (TPSA) is 114 Å². The normalized spacial score (nSPS) is 10.4. The van der Waals surface area contributed by atoms with E-state index in [-0.39, 0.29) is 6.10 Å². The van der Waals surface area contributed by atoms with E-state index in [0.29, 0.717) is 4.57 Å². The minimum atomic E-state index is -0.950. The fourth-order valence-electron chi connectivity index (χ4n) is 1.03. The number of carbonyl (C=O) groups is 1. The molecule has 16 heavy (non-hydrogen) atoms. The molecule has 2 N–H and O–H groups in total. The molecule has 1 aromatic heterocycles. The van der Waals surface area contributed by atoms with Gasteiger partial charge in [-0.15, -0.1) is 0 Å². The van der Waals surface area contributed by atoms with Crippen LogP contribution in [0.3, 0.4) is 0 Å². The number of H-pyrrole nitrogens is 2. The lowest BCUT2D eigenvalue weighted by molar-refractivity contribution is -0.148. The van der Waals surface area contributed by atoms with Gasteiger partial charge in [0.05, 0.1) is 6.10 Å². The second-order valence-corrected chi connectivity index (χ2v) is 3.31. The first kappa shape index (κ1) is 12.0. The van der Waals surface area contributed by atoms with Crippen molar-refractivity contribution in [3.63, 3.8) is 0 Å². The quantitative estimate of drug-likeness (QED) is 0.592. The smallest absolute Gasteiger partial charge is 0.334 e. The molecule has 0 aliphatic carbocycles. The van der Waals surface area contributed by atoms with Crippen molar-refractivity contribution in [3.05, 3.63) is 31.5 Å². The van der Waals surface area contributed by atoms with E-state index in [1.807, 2.05) is 9.97 Å². The molecule has 0 atom stereocenters. The van der Waals surface area contributed by atoms with Crippen LogP contribution in [0, 0.1) is 0 Å². The molecule has 8 nitrogen and oxygen atoms in total. The summed E-state index contributed by atoms with van der Waals surface area (Å²) < 4.78 is 5.30. The lowest BCUT2D eigenvalue weighted by Gasteiger charge is -2.07. The van der Waals surface area contributed by atoms with Crippen LogP contribution in [-0.2, 0) is 16.1 Å². The van der Waals surface area contributed by atoms with Gasteiger partial charge >= 0.3 is 23.0 Å². The number of nitrogens with zero attached hydrogens (tertiary/aromatic N) is 1. The van der Waals surface area contributed by atoms with Gasteiger partial charge < -0.3 is 4.74 Å². The molecule has 0 radical (unpaired) electrons. The van der Waals surface area contributed by atoms with Gasteiger partial charge in [-0.05, 0) is 13.8 Å². The fraction of sp³-hybridized carbons (Fsp3) is 0.500. The maximum atomic E-state index is 11.2. The van der Waals surface area contributed by atoms with E-state index in [1.54, 1.807) is 13.8 Å². The number of rotatable bonds is 3. The molecule has 1 aromatic rings. The molecule has 1 heterocycles. The van der Waals surface area contributed by atoms with Crippen molar-refractivity contribution >= 4 is 5.97 Å². The van der Waals surface area contributed by atoms with Gasteiger partial charge in [0, 0.05) is 0 Å². The SMILES string of the molecule is CC(C)OC(=O)Cn1c(=O)[nH]c(=O)[nH]c1=O. The van der Waals surface area contributed by atoms with Crippen molar-refractivity contribution in [2.24, 2.45) is 0 Å². The first-order valence-corrected chi connectivity index (χ1v) is 4.53. The van der Waals surface area contributed by atoms with Crippen molar-refractivity contribution in [3.8, 4) is 0 Å². The van der Waals surface area contributed by atoms with Crippen molar-refractivity contribution in [1.82, 2.24) is 14.5 Å². The van der Waals surface area contributed by atoms with E-state index >= 15 is 0 Å². The highest BCUT2D eigenvalue weighted by atomic mass is 16.5. The van der Waals surface area contributed by atoms with Gasteiger partial charge in [0.25, 0.3) is 0 Å². The van der Waals surface area contributed by atoms with E-state index in [4.69, 9.17) is 4.74 Å². The largest absolute Gasteiger partial charge is 0.462 e. The molecule has 0 saturated heterocycles. The molecular weight excluding hydrogens is 218 g/mol. The third kappa shape index (κ3) is 2.94. The summed E-state index contributed by atoms with van der Waals surface area (Å²) in [5.41, 5.74) is -2.81. The van der Waals surface area contributed by atoms with Crippen molar-refractivity contribution in [2.75, 3.05) is 0 Å². The molecule has 0 unspecified atom stereocenters. The maximum absolute atomic E-state index is 11.2. The average Bonchev–Trinajstić information content (AvgIpc) is 2.09. The van der Waals surface area contributed by atoms with Gasteiger partial charge in [-0.25, -0.2) is 19.0 Å². The third-order valence-electron chi connectivity index (χ3n) is 1.59. The zero-order valence-electron chi connectivity index (χ0n) is 8.77. The fourth-order valence-corrected chi connectivity index (χ4v) is 1.03. The second-order valence-electron chi connectivity index (χ2n) is 3.31. The van der Waals surface area contributed by atoms with Crippen LogP contribution in [0.15, 0.2) is 14.4 Å². The summed E-state index contributed by atoms with van der Waals surface area (Å²) in [6, 6.07) is 0. The molecule has 8 heteroatoms. The number of aromatic amines is 2. The number of ether oxygens (including phenoxy) is 1. The molecule has 0 fully saturated rings. The zero-order valence-corrected chi connectivity index (χ0v) is 8.77. The lowest BCUT2D eigenvalue weighted by Crippen LogP contribution is -2.44. The van der Waals surface area contributed by atoms with Gasteiger partial charge in [-0.3, -0.25) is 14.8 Å². The van der Waals surface area contributed by atoms with E-state index in [2.05, 4.69) is 0 Å². The van der Waals surface area contributed by atoms with Gasteiger partial charge in [0.1, 0.15) is 6.54 Å². The summed E-state index contributed by atoms with van der Waals surface area (Å²) in [5.74, 6) is -0.727. The molecule has 88 valence electrons. The Balaban J connectivity index is 2.99. The number of nitrogens with one attached hydrogen (secondary N) is 2. The summed E-state index contributed by atoms with van der Waals surface area (Å²) in [6.45, 7) is 2.73. The minimum Gasteiger partial charge on any atom is -0.462 e. The summed E-state index contributed by atoms with van der Waals surface area (Å²) in [4.78, 5) is 47.8. The Morgan fingerprint density at radius 1 is 1.25 bits per heavy atom. The Kier molecular flexibility index (Phi) is 3.44. The monoisotopic (exact) mass is 229 g/mol.